The Morgan fingerprint density at radius 3 is 2.05 bits per heavy atom. The Kier molecular flexibility index (Phi) is 13.3. The Labute approximate surface area is 239 Å². The van der Waals surface area contributed by atoms with Crippen molar-refractivity contribution in [3.8, 4) is 0 Å². The third-order valence-corrected chi connectivity index (χ3v) is 6.85. The molecule has 8 nitrogen and oxygen atoms in total. The topological polar surface area (TPSA) is 119 Å². The fourth-order valence-electron chi connectivity index (χ4n) is 4.61. The summed E-state index contributed by atoms with van der Waals surface area (Å²) in [6, 6.07) is 13.5. The predicted molar refractivity (Wildman–Crippen MR) is 158 cm³/mol. The molecule has 0 spiro atoms. The van der Waals surface area contributed by atoms with Crippen LogP contribution in [0, 0.1) is 18.8 Å². The van der Waals surface area contributed by atoms with Gasteiger partial charge in [0.2, 0.25) is 5.91 Å². The van der Waals surface area contributed by atoms with Crippen LogP contribution in [0.2, 0.25) is 0 Å². The Morgan fingerprint density at radius 1 is 0.875 bits per heavy atom. The molecular formula is C32H47N3O5. The first-order valence-electron chi connectivity index (χ1n) is 14.4. The Hall–Kier alpha value is -3.23. The van der Waals surface area contributed by atoms with Crippen LogP contribution >= 0.6 is 0 Å². The fraction of sp³-hybridized carbons (Fsp3) is 0.531. The maximum absolute atomic E-state index is 13.5. The third-order valence-electron chi connectivity index (χ3n) is 6.85. The summed E-state index contributed by atoms with van der Waals surface area (Å²) in [4.78, 5) is 41.1. The van der Waals surface area contributed by atoms with Gasteiger partial charge in [0.05, 0.1) is 18.1 Å². The number of aliphatic hydroxyl groups is 2. The molecule has 0 aromatic heterocycles. The Bertz CT molecular complexity index is 1100. The number of carbonyl (C=O) groups is 3. The molecule has 0 aliphatic rings. The highest BCUT2D eigenvalue weighted by Gasteiger charge is 2.34. The number of amides is 3. The molecule has 2 aromatic carbocycles. The first-order valence-corrected chi connectivity index (χ1v) is 14.4. The fourth-order valence-corrected chi connectivity index (χ4v) is 4.61. The number of benzene rings is 2. The van der Waals surface area contributed by atoms with Crippen molar-refractivity contribution in [2.75, 3.05) is 19.6 Å². The molecule has 3 amide bonds. The lowest BCUT2D eigenvalue weighted by Crippen LogP contribution is -2.53. The van der Waals surface area contributed by atoms with E-state index in [4.69, 9.17) is 0 Å². The second-order valence-electron chi connectivity index (χ2n) is 11.1. The van der Waals surface area contributed by atoms with Crippen LogP contribution in [0.1, 0.15) is 79.3 Å². The van der Waals surface area contributed by atoms with Crippen molar-refractivity contribution in [1.82, 2.24) is 15.5 Å². The van der Waals surface area contributed by atoms with E-state index >= 15 is 0 Å². The van der Waals surface area contributed by atoms with Crippen LogP contribution in [0.15, 0.2) is 48.5 Å². The van der Waals surface area contributed by atoms with Crippen molar-refractivity contribution < 1.29 is 24.6 Å². The zero-order valence-electron chi connectivity index (χ0n) is 24.8. The highest BCUT2D eigenvalue weighted by molar-refractivity contribution is 6.00. The predicted octanol–water partition coefficient (Wildman–Crippen LogP) is 3.73. The van der Waals surface area contributed by atoms with E-state index in [0.29, 0.717) is 30.8 Å². The van der Waals surface area contributed by atoms with Crippen LogP contribution in [0.4, 0.5) is 0 Å². The molecule has 220 valence electrons. The zero-order chi connectivity index (χ0) is 29.8. The van der Waals surface area contributed by atoms with Gasteiger partial charge in [-0.15, -0.1) is 0 Å². The lowest BCUT2D eigenvalue weighted by molar-refractivity contribution is -0.131. The van der Waals surface area contributed by atoms with Gasteiger partial charge in [0.25, 0.3) is 11.8 Å². The molecule has 0 aliphatic heterocycles. The summed E-state index contributed by atoms with van der Waals surface area (Å²) < 4.78 is 0. The normalized spacial score (nSPS) is 14.2. The number of carbonyl (C=O) groups excluding carboxylic acids is 3. The summed E-state index contributed by atoms with van der Waals surface area (Å²) in [7, 11) is 0. The number of nitrogens with one attached hydrogen (secondary N) is 2. The molecule has 8 heteroatoms. The number of hydrogen-bond donors (Lipinski definition) is 4. The standard InChI is InChI=1S/C32H47N3O5/c1-7-14-35(15-8-2)32(40)26-17-22(5)16-25(19-26)31(39)34-27(18-24-12-10-9-11-13-24)29(37)28(36)23(6)30(38)33-20-21(3)4/h9-13,16-17,19,21,23,27-29,36-37H,7-8,14-15,18,20H2,1-6H3,(H,33,38)(H,34,39). The molecular weight excluding hydrogens is 506 g/mol. The summed E-state index contributed by atoms with van der Waals surface area (Å²) in [5, 5.41) is 27.8. The number of aryl methyl sites for hydroxylation is 1. The average molecular weight is 554 g/mol. The van der Waals surface area contributed by atoms with Gasteiger partial charge in [-0.25, -0.2) is 0 Å². The number of rotatable bonds is 15. The van der Waals surface area contributed by atoms with E-state index in [1.54, 1.807) is 30.0 Å². The maximum Gasteiger partial charge on any atom is 0.253 e. The van der Waals surface area contributed by atoms with E-state index in [0.717, 1.165) is 24.0 Å². The van der Waals surface area contributed by atoms with Crippen LogP contribution in [-0.2, 0) is 11.2 Å². The SMILES string of the molecule is CCCN(CCC)C(=O)c1cc(C)cc(C(=O)NC(Cc2ccccc2)C(O)C(O)C(C)C(=O)NCC(C)C)c1. The van der Waals surface area contributed by atoms with Crippen molar-refractivity contribution in [3.63, 3.8) is 0 Å². The van der Waals surface area contributed by atoms with Crippen LogP contribution in [-0.4, -0.2) is 70.7 Å². The molecule has 40 heavy (non-hydrogen) atoms. The molecule has 0 aliphatic carbocycles. The highest BCUT2D eigenvalue weighted by atomic mass is 16.3. The van der Waals surface area contributed by atoms with Gasteiger partial charge in [-0.05, 0) is 61.4 Å². The van der Waals surface area contributed by atoms with Gasteiger partial charge in [0.15, 0.2) is 0 Å². The minimum Gasteiger partial charge on any atom is -0.390 e. The summed E-state index contributed by atoms with van der Waals surface area (Å²) in [6.07, 6.45) is -0.920. The lowest BCUT2D eigenvalue weighted by atomic mass is 9.90. The van der Waals surface area contributed by atoms with Crippen LogP contribution < -0.4 is 10.6 Å². The Morgan fingerprint density at radius 2 is 1.48 bits per heavy atom. The lowest BCUT2D eigenvalue weighted by Gasteiger charge is -2.31. The molecule has 0 radical (unpaired) electrons. The summed E-state index contributed by atoms with van der Waals surface area (Å²) >= 11 is 0. The van der Waals surface area contributed by atoms with Crippen LogP contribution in [0.5, 0.6) is 0 Å². The molecule has 0 heterocycles. The van der Waals surface area contributed by atoms with Crippen molar-refractivity contribution in [2.24, 2.45) is 11.8 Å². The molecule has 0 saturated carbocycles. The summed E-state index contributed by atoms with van der Waals surface area (Å²) in [5.74, 6) is -1.62. The smallest absolute Gasteiger partial charge is 0.253 e. The largest absolute Gasteiger partial charge is 0.390 e. The second-order valence-corrected chi connectivity index (χ2v) is 11.1. The second kappa shape index (κ2) is 16.1. The van der Waals surface area contributed by atoms with E-state index in [9.17, 15) is 24.6 Å². The van der Waals surface area contributed by atoms with Gasteiger partial charge in [-0.2, -0.15) is 0 Å². The van der Waals surface area contributed by atoms with Crippen molar-refractivity contribution in [1.29, 1.82) is 0 Å². The molecule has 4 unspecified atom stereocenters. The monoisotopic (exact) mass is 553 g/mol. The molecule has 2 aromatic rings. The molecule has 4 N–H and O–H groups in total. The number of aliphatic hydroxyl groups excluding tert-OH is 2. The van der Waals surface area contributed by atoms with Gasteiger partial charge in [0.1, 0.15) is 6.10 Å². The van der Waals surface area contributed by atoms with Crippen LogP contribution in [0.3, 0.4) is 0 Å². The Balaban J connectivity index is 2.31. The van der Waals surface area contributed by atoms with E-state index in [1.165, 1.54) is 0 Å². The maximum atomic E-state index is 13.5. The molecule has 2 rings (SSSR count). The number of hydrogen-bond acceptors (Lipinski definition) is 5. The number of nitrogens with zero attached hydrogens (tertiary/aromatic N) is 1. The van der Waals surface area contributed by atoms with Gasteiger partial charge in [0, 0.05) is 30.8 Å². The van der Waals surface area contributed by atoms with Gasteiger partial charge >= 0.3 is 0 Å². The van der Waals surface area contributed by atoms with Gasteiger partial charge in [-0.1, -0.05) is 65.0 Å². The molecule has 0 fully saturated rings. The zero-order valence-corrected chi connectivity index (χ0v) is 24.8. The molecule has 0 bridgehead atoms. The van der Waals surface area contributed by atoms with Crippen LogP contribution in [0.25, 0.3) is 0 Å². The highest BCUT2D eigenvalue weighted by Crippen LogP contribution is 2.18. The quantitative estimate of drug-likeness (QED) is 0.268. The minimum atomic E-state index is -1.42. The molecule has 4 atom stereocenters. The summed E-state index contributed by atoms with van der Waals surface area (Å²) in [6.45, 7) is 13.1. The van der Waals surface area contributed by atoms with Gasteiger partial charge in [-0.3, -0.25) is 14.4 Å². The van der Waals surface area contributed by atoms with Gasteiger partial charge < -0.3 is 25.7 Å². The minimum absolute atomic E-state index is 0.126. The van der Waals surface area contributed by atoms with E-state index < -0.39 is 30.1 Å². The first kappa shape index (κ1) is 33.0. The van der Waals surface area contributed by atoms with E-state index in [-0.39, 0.29) is 24.2 Å². The third kappa shape index (κ3) is 9.75. The molecule has 0 saturated heterocycles. The van der Waals surface area contributed by atoms with E-state index in [2.05, 4.69) is 10.6 Å². The average Bonchev–Trinajstić information content (AvgIpc) is 2.93. The van der Waals surface area contributed by atoms with Crippen molar-refractivity contribution >= 4 is 17.7 Å². The van der Waals surface area contributed by atoms with Crippen molar-refractivity contribution in [3.05, 3.63) is 70.8 Å². The summed E-state index contributed by atoms with van der Waals surface area (Å²) in [5.41, 5.74) is 2.34. The first-order chi connectivity index (χ1) is 19.0. The van der Waals surface area contributed by atoms with Crippen molar-refractivity contribution in [2.45, 2.75) is 79.1 Å². The van der Waals surface area contributed by atoms with E-state index in [1.807, 2.05) is 65.0 Å².